The summed E-state index contributed by atoms with van der Waals surface area (Å²) in [6.45, 7) is 7.21. The lowest BCUT2D eigenvalue weighted by Gasteiger charge is -2.41. The molecule has 4 atom stereocenters. The van der Waals surface area contributed by atoms with Crippen LogP contribution in [-0.2, 0) is 0 Å². The molecule has 0 radical (unpaired) electrons. The average molecular weight is 169 g/mol. The van der Waals surface area contributed by atoms with E-state index in [1.165, 1.54) is 12.8 Å². The molecule has 1 saturated carbocycles. The molecule has 1 nitrogen and oxygen atoms in total. The van der Waals surface area contributed by atoms with Gasteiger partial charge in [0.1, 0.15) is 0 Å². The first-order chi connectivity index (χ1) is 5.54. The van der Waals surface area contributed by atoms with Crippen molar-refractivity contribution in [3.63, 3.8) is 0 Å². The molecule has 1 aliphatic carbocycles. The Morgan fingerprint density at radius 2 is 1.50 bits per heavy atom. The summed E-state index contributed by atoms with van der Waals surface area (Å²) in [5, 5.41) is 0. The molecule has 0 aromatic heterocycles. The minimum absolute atomic E-state index is 0.816. The van der Waals surface area contributed by atoms with Gasteiger partial charge in [-0.15, -0.1) is 0 Å². The van der Waals surface area contributed by atoms with Gasteiger partial charge < -0.3 is 4.90 Å². The predicted octanol–water partition coefficient (Wildman–Crippen LogP) is 2.62. The molecule has 4 unspecified atom stereocenters. The van der Waals surface area contributed by atoms with Crippen LogP contribution < -0.4 is 0 Å². The molecule has 0 heterocycles. The molecular formula is C11H23N. The molecule has 0 aliphatic heterocycles. The largest absolute Gasteiger partial charge is 0.306 e. The maximum atomic E-state index is 2.41. The fourth-order valence-electron chi connectivity index (χ4n) is 2.56. The number of rotatable bonds is 1. The van der Waals surface area contributed by atoms with Crippen LogP contribution in [0.15, 0.2) is 0 Å². The third-order valence-corrected chi connectivity index (χ3v) is 3.91. The van der Waals surface area contributed by atoms with E-state index in [1.54, 1.807) is 0 Å². The summed E-state index contributed by atoms with van der Waals surface area (Å²) in [5.41, 5.74) is 0. The van der Waals surface area contributed by atoms with E-state index in [0.717, 1.165) is 23.8 Å². The normalized spacial score (nSPS) is 43.5. The molecule has 72 valence electrons. The van der Waals surface area contributed by atoms with Crippen LogP contribution in [0.1, 0.15) is 33.6 Å². The smallest absolute Gasteiger partial charge is 0.0117 e. The Morgan fingerprint density at radius 3 is 2.00 bits per heavy atom. The fourth-order valence-corrected chi connectivity index (χ4v) is 2.56. The van der Waals surface area contributed by atoms with Crippen LogP contribution in [0.2, 0.25) is 0 Å². The highest BCUT2D eigenvalue weighted by atomic mass is 15.1. The molecule has 1 rings (SSSR count). The second kappa shape index (κ2) is 3.78. The summed E-state index contributed by atoms with van der Waals surface area (Å²) in [6, 6.07) is 0.816. The molecule has 12 heavy (non-hydrogen) atoms. The van der Waals surface area contributed by atoms with Crippen LogP contribution in [-0.4, -0.2) is 25.0 Å². The van der Waals surface area contributed by atoms with Crippen molar-refractivity contribution in [2.45, 2.75) is 39.7 Å². The third kappa shape index (κ3) is 1.82. The van der Waals surface area contributed by atoms with Crippen LogP contribution >= 0.6 is 0 Å². The zero-order chi connectivity index (χ0) is 9.30. The van der Waals surface area contributed by atoms with Crippen molar-refractivity contribution in [2.75, 3.05) is 14.1 Å². The van der Waals surface area contributed by atoms with Crippen LogP contribution in [0, 0.1) is 17.8 Å². The van der Waals surface area contributed by atoms with Crippen LogP contribution in [0.5, 0.6) is 0 Å². The van der Waals surface area contributed by atoms with Gasteiger partial charge in [-0.2, -0.15) is 0 Å². The van der Waals surface area contributed by atoms with Crippen molar-refractivity contribution in [3.05, 3.63) is 0 Å². The fraction of sp³-hybridized carbons (Fsp3) is 1.00. The molecule has 0 amide bonds. The monoisotopic (exact) mass is 169 g/mol. The molecule has 0 N–H and O–H groups in total. The molecular weight excluding hydrogens is 146 g/mol. The minimum atomic E-state index is 0.816. The number of nitrogens with zero attached hydrogens (tertiary/aromatic N) is 1. The van der Waals surface area contributed by atoms with E-state index in [9.17, 15) is 0 Å². The van der Waals surface area contributed by atoms with Crippen molar-refractivity contribution in [1.29, 1.82) is 0 Å². The van der Waals surface area contributed by atoms with E-state index in [0.29, 0.717) is 0 Å². The average Bonchev–Trinajstić information content (AvgIpc) is 2.00. The van der Waals surface area contributed by atoms with E-state index < -0.39 is 0 Å². The van der Waals surface area contributed by atoms with Crippen LogP contribution in [0.4, 0.5) is 0 Å². The molecule has 0 bridgehead atoms. The number of hydrogen-bond acceptors (Lipinski definition) is 1. The maximum absolute atomic E-state index is 2.41. The molecule has 1 fully saturated rings. The van der Waals surface area contributed by atoms with E-state index in [2.05, 4.69) is 39.8 Å². The molecule has 1 heteroatoms. The zero-order valence-electron chi connectivity index (χ0n) is 9.17. The highest BCUT2D eigenvalue weighted by Crippen LogP contribution is 2.35. The van der Waals surface area contributed by atoms with Gasteiger partial charge in [-0.05, 0) is 44.7 Å². The van der Waals surface area contributed by atoms with Gasteiger partial charge in [-0.3, -0.25) is 0 Å². The molecule has 0 aromatic carbocycles. The summed E-state index contributed by atoms with van der Waals surface area (Å²) in [5.74, 6) is 2.69. The minimum Gasteiger partial charge on any atom is -0.306 e. The molecule has 0 spiro atoms. The van der Waals surface area contributed by atoms with Gasteiger partial charge in [0.25, 0.3) is 0 Å². The van der Waals surface area contributed by atoms with Crippen LogP contribution in [0.3, 0.4) is 0 Å². The van der Waals surface area contributed by atoms with E-state index >= 15 is 0 Å². The summed E-state index contributed by atoms with van der Waals surface area (Å²) in [6.07, 6.45) is 2.80. The molecule has 1 aliphatic rings. The first kappa shape index (κ1) is 10.0. The van der Waals surface area contributed by atoms with Gasteiger partial charge in [0, 0.05) is 6.04 Å². The Morgan fingerprint density at radius 1 is 0.917 bits per heavy atom. The van der Waals surface area contributed by atoms with Crippen molar-refractivity contribution in [1.82, 2.24) is 4.90 Å². The van der Waals surface area contributed by atoms with E-state index in [4.69, 9.17) is 0 Å². The highest BCUT2D eigenvalue weighted by molar-refractivity contribution is 4.85. The van der Waals surface area contributed by atoms with Crippen molar-refractivity contribution >= 4 is 0 Å². The van der Waals surface area contributed by atoms with Gasteiger partial charge in [0.2, 0.25) is 0 Å². The quantitative estimate of drug-likeness (QED) is 0.583. The lowest BCUT2D eigenvalue weighted by Crippen LogP contribution is -2.42. The maximum Gasteiger partial charge on any atom is 0.0117 e. The Balaban J connectivity index is 2.58. The summed E-state index contributed by atoms with van der Waals surface area (Å²) < 4.78 is 0. The zero-order valence-corrected chi connectivity index (χ0v) is 9.17. The SMILES string of the molecule is CC1CCC(N(C)C)C(C)C1C. The van der Waals surface area contributed by atoms with Gasteiger partial charge in [-0.25, -0.2) is 0 Å². The van der Waals surface area contributed by atoms with Gasteiger partial charge >= 0.3 is 0 Å². The van der Waals surface area contributed by atoms with Gasteiger partial charge in [0.05, 0.1) is 0 Å². The predicted molar refractivity (Wildman–Crippen MR) is 54.2 cm³/mol. The standard InChI is InChI=1S/C11H23N/c1-8-6-7-11(12(4)5)10(3)9(8)2/h8-11H,6-7H2,1-5H3. The van der Waals surface area contributed by atoms with Crippen molar-refractivity contribution in [2.24, 2.45) is 17.8 Å². The summed E-state index contributed by atoms with van der Waals surface area (Å²) >= 11 is 0. The third-order valence-electron chi connectivity index (χ3n) is 3.91. The Hall–Kier alpha value is -0.0400. The molecule has 0 aromatic rings. The van der Waals surface area contributed by atoms with Gasteiger partial charge in [-0.1, -0.05) is 20.8 Å². The lowest BCUT2D eigenvalue weighted by molar-refractivity contribution is 0.0862. The van der Waals surface area contributed by atoms with E-state index in [1.807, 2.05) is 0 Å². The second-order valence-corrected chi connectivity index (χ2v) is 4.80. The number of hydrogen-bond donors (Lipinski definition) is 0. The summed E-state index contributed by atoms with van der Waals surface area (Å²) in [4.78, 5) is 2.40. The first-order valence-electron chi connectivity index (χ1n) is 5.20. The molecule has 0 saturated heterocycles. The lowest BCUT2D eigenvalue weighted by atomic mass is 9.71. The second-order valence-electron chi connectivity index (χ2n) is 4.80. The Kier molecular flexibility index (Phi) is 3.16. The summed E-state index contributed by atoms with van der Waals surface area (Å²) in [7, 11) is 4.42. The highest BCUT2D eigenvalue weighted by Gasteiger charge is 2.32. The Labute approximate surface area is 77.1 Å². The van der Waals surface area contributed by atoms with Gasteiger partial charge in [0.15, 0.2) is 0 Å². The van der Waals surface area contributed by atoms with E-state index in [-0.39, 0.29) is 0 Å². The Bertz CT molecular complexity index is 142. The van der Waals surface area contributed by atoms with Crippen molar-refractivity contribution < 1.29 is 0 Å². The first-order valence-corrected chi connectivity index (χ1v) is 5.20. The topological polar surface area (TPSA) is 3.24 Å². The van der Waals surface area contributed by atoms with Crippen LogP contribution in [0.25, 0.3) is 0 Å². The van der Waals surface area contributed by atoms with Crippen molar-refractivity contribution in [3.8, 4) is 0 Å².